The quantitative estimate of drug-likeness (QED) is 0.706. The lowest BCUT2D eigenvalue weighted by molar-refractivity contribution is -0.143. The van der Waals surface area contributed by atoms with Crippen LogP contribution in [-0.2, 0) is 0 Å². The lowest BCUT2D eigenvalue weighted by Crippen LogP contribution is -2.34. The molecule has 2 aromatic heterocycles. The highest BCUT2D eigenvalue weighted by molar-refractivity contribution is 5.60. The molecule has 10 heteroatoms. The molecule has 3 heterocycles. The van der Waals surface area contributed by atoms with Crippen LogP contribution in [0, 0.1) is 5.82 Å². The number of rotatable bonds is 4. The minimum atomic E-state index is -4.21. The minimum Gasteiger partial charge on any atom is -0.365 e. The number of hydrogen-bond acceptors (Lipinski definition) is 5. The number of aromatic nitrogens is 4. The monoisotopic (exact) mass is 380 g/mol. The fourth-order valence-corrected chi connectivity index (χ4v) is 3.23. The third kappa shape index (κ3) is 3.85. The van der Waals surface area contributed by atoms with Crippen LogP contribution in [0.1, 0.15) is 6.42 Å². The van der Waals surface area contributed by atoms with E-state index in [4.69, 9.17) is 0 Å². The van der Waals surface area contributed by atoms with Crippen molar-refractivity contribution in [3.63, 3.8) is 0 Å². The molecule has 142 valence electrons. The number of nitrogens with one attached hydrogen (secondary N) is 1. The molecule has 0 aliphatic carbocycles. The standard InChI is InChI=1S/C17H16F4N6/c18-13-4-2-1-3-12(13)16-24-23-15-6-5-14(25-27(15)16)22-11-7-8-26(9-11)10-17(19,20)21/h1-6,11H,7-10H2,(H,22,25). The Balaban J connectivity index is 1.54. The molecule has 0 amide bonds. The maximum absolute atomic E-state index is 14.1. The molecule has 1 fully saturated rings. The van der Waals surface area contributed by atoms with Gasteiger partial charge in [0.1, 0.15) is 11.6 Å². The molecule has 1 aliphatic heterocycles. The Morgan fingerprint density at radius 2 is 1.93 bits per heavy atom. The van der Waals surface area contributed by atoms with Gasteiger partial charge in [-0.2, -0.15) is 17.7 Å². The number of likely N-dealkylation sites (tertiary alicyclic amines) is 1. The van der Waals surface area contributed by atoms with Crippen LogP contribution in [0.4, 0.5) is 23.4 Å². The van der Waals surface area contributed by atoms with Gasteiger partial charge in [-0.05, 0) is 30.7 Å². The topological polar surface area (TPSA) is 58.4 Å². The molecule has 0 saturated carbocycles. The number of fused-ring (bicyclic) bond motifs is 1. The van der Waals surface area contributed by atoms with Gasteiger partial charge in [-0.25, -0.2) is 4.39 Å². The highest BCUT2D eigenvalue weighted by Gasteiger charge is 2.34. The summed E-state index contributed by atoms with van der Waals surface area (Å²) < 4.78 is 53.0. The summed E-state index contributed by atoms with van der Waals surface area (Å²) in [6, 6.07) is 9.39. The first-order valence-electron chi connectivity index (χ1n) is 8.42. The highest BCUT2D eigenvalue weighted by Crippen LogP contribution is 2.23. The Morgan fingerprint density at radius 3 is 2.70 bits per heavy atom. The van der Waals surface area contributed by atoms with Crippen molar-refractivity contribution < 1.29 is 17.6 Å². The molecule has 1 aromatic carbocycles. The Labute approximate surface area is 151 Å². The van der Waals surface area contributed by atoms with Crippen molar-refractivity contribution >= 4 is 11.5 Å². The largest absolute Gasteiger partial charge is 0.401 e. The van der Waals surface area contributed by atoms with Gasteiger partial charge in [-0.1, -0.05) is 12.1 Å². The summed E-state index contributed by atoms with van der Waals surface area (Å²) in [7, 11) is 0. The molecule has 1 saturated heterocycles. The van der Waals surface area contributed by atoms with Crippen molar-refractivity contribution in [3.05, 3.63) is 42.2 Å². The molecule has 1 aliphatic rings. The number of benzene rings is 1. The number of nitrogens with zero attached hydrogens (tertiary/aromatic N) is 5. The van der Waals surface area contributed by atoms with Gasteiger partial charge in [-0.3, -0.25) is 4.90 Å². The summed E-state index contributed by atoms with van der Waals surface area (Å²) >= 11 is 0. The molecule has 0 bridgehead atoms. The van der Waals surface area contributed by atoms with E-state index in [-0.39, 0.29) is 24.0 Å². The molecular formula is C17H16F4N6. The van der Waals surface area contributed by atoms with E-state index in [1.54, 1.807) is 30.3 Å². The number of halogens is 4. The zero-order valence-corrected chi connectivity index (χ0v) is 14.1. The summed E-state index contributed by atoms with van der Waals surface area (Å²) in [5.74, 6) is 0.293. The van der Waals surface area contributed by atoms with Crippen LogP contribution in [0.3, 0.4) is 0 Å². The van der Waals surface area contributed by atoms with Gasteiger partial charge < -0.3 is 5.32 Å². The predicted molar refractivity (Wildman–Crippen MR) is 90.7 cm³/mol. The zero-order chi connectivity index (χ0) is 19.0. The van der Waals surface area contributed by atoms with Crippen molar-refractivity contribution in [2.45, 2.75) is 18.6 Å². The van der Waals surface area contributed by atoms with Crippen LogP contribution in [0.2, 0.25) is 0 Å². The van der Waals surface area contributed by atoms with Gasteiger partial charge in [0.2, 0.25) is 0 Å². The number of anilines is 1. The van der Waals surface area contributed by atoms with Crippen LogP contribution in [0.25, 0.3) is 17.0 Å². The number of alkyl halides is 3. The first-order chi connectivity index (χ1) is 12.9. The van der Waals surface area contributed by atoms with Crippen molar-refractivity contribution in [3.8, 4) is 11.4 Å². The van der Waals surface area contributed by atoms with Gasteiger partial charge in [0.15, 0.2) is 11.5 Å². The molecule has 1 N–H and O–H groups in total. The van der Waals surface area contributed by atoms with Gasteiger partial charge in [0.05, 0.1) is 12.1 Å². The second kappa shape index (κ2) is 6.76. The van der Waals surface area contributed by atoms with Gasteiger partial charge in [-0.15, -0.1) is 15.3 Å². The van der Waals surface area contributed by atoms with E-state index >= 15 is 0 Å². The molecule has 3 aromatic rings. The Kier molecular flexibility index (Phi) is 4.42. The fourth-order valence-electron chi connectivity index (χ4n) is 3.23. The lowest BCUT2D eigenvalue weighted by atomic mass is 10.2. The van der Waals surface area contributed by atoms with Crippen LogP contribution in [0.5, 0.6) is 0 Å². The third-order valence-corrected chi connectivity index (χ3v) is 4.40. The Morgan fingerprint density at radius 1 is 1.11 bits per heavy atom. The van der Waals surface area contributed by atoms with Gasteiger partial charge >= 0.3 is 6.18 Å². The highest BCUT2D eigenvalue weighted by atomic mass is 19.4. The summed E-state index contributed by atoms with van der Waals surface area (Å²) in [6.45, 7) is -0.269. The fraction of sp³-hybridized carbons (Fsp3) is 0.353. The molecular weight excluding hydrogens is 364 g/mol. The molecule has 1 atom stereocenters. The average molecular weight is 380 g/mol. The summed E-state index contributed by atoms with van der Waals surface area (Å²) in [6.07, 6.45) is -3.62. The molecule has 0 radical (unpaired) electrons. The van der Waals surface area contributed by atoms with E-state index in [1.807, 2.05) is 0 Å². The lowest BCUT2D eigenvalue weighted by Gasteiger charge is -2.18. The van der Waals surface area contributed by atoms with Crippen LogP contribution < -0.4 is 5.32 Å². The Bertz CT molecular complexity index is 954. The van der Waals surface area contributed by atoms with Gasteiger partial charge in [0.25, 0.3) is 0 Å². The molecule has 27 heavy (non-hydrogen) atoms. The van der Waals surface area contributed by atoms with Crippen molar-refractivity contribution in [1.82, 2.24) is 24.7 Å². The van der Waals surface area contributed by atoms with E-state index in [0.717, 1.165) is 0 Å². The average Bonchev–Trinajstić information content (AvgIpc) is 3.20. The summed E-state index contributed by atoms with van der Waals surface area (Å²) in [4.78, 5) is 1.36. The van der Waals surface area contributed by atoms with E-state index in [2.05, 4.69) is 20.6 Å². The van der Waals surface area contributed by atoms with E-state index < -0.39 is 18.5 Å². The first-order valence-corrected chi connectivity index (χ1v) is 8.42. The van der Waals surface area contributed by atoms with Crippen LogP contribution in [0.15, 0.2) is 36.4 Å². The van der Waals surface area contributed by atoms with Crippen molar-refractivity contribution in [1.29, 1.82) is 0 Å². The van der Waals surface area contributed by atoms with Crippen molar-refractivity contribution in [2.75, 3.05) is 25.0 Å². The van der Waals surface area contributed by atoms with Crippen molar-refractivity contribution in [2.24, 2.45) is 0 Å². The molecule has 1 unspecified atom stereocenters. The zero-order valence-electron chi connectivity index (χ0n) is 14.1. The van der Waals surface area contributed by atoms with Crippen LogP contribution >= 0.6 is 0 Å². The number of hydrogen-bond donors (Lipinski definition) is 1. The second-order valence-corrected chi connectivity index (χ2v) is 6.47. The second-order valence-electron chi connectivity index (χ2n) is 6.47. The SMILES string of the molecule is Fc1ccccc1-c1nnc2ccc(NC3CCN(CC(F)(F)F)C3)nn12. The maximum Gasteiger partial charge on any atom is 0.401 e. The molecule has 4 rings (SSSR count). The summed E-state index contributed by atoms with van der Waals surface area (Å²) in [5.41, 5.74) is 0.718. The van der Waals surface area contributed by atoms with E-state index in [1.165, 1.54) is 15.5 Å². The van der Waals surface area contributed by atoms with E-state index in [9.17, 15) is 17.6 Å². The molecule has 6 nitrogen and oxygen atoms in total. The smallest absolute Gasteiger partial charge is 0.365 e. The minimum absolute atomic E-state index is 0.148. The molecule has 0 spiro atoms. The van der Waals surface area contributed by atoms with Crippen LogP contribution in [-0.4, -0.2) is 56.6 Å². The predicted octanol–water partition coefficient (Wildman–Crippen LogP) is 2.98. The van der Waals surface area contributed by atoms with E-state index in [0.29, 0.717) is 24.4 Å². The summed E-state index contributed by atoms with van der Waals surface area (Å²) in [5, 5.41) is 15.5. The normalized spacial score (nSPS) is 18.3. The van der Waals surface area contributed by atoms with Gasteiger partial charge in [0, 0.05) is 19.1 Å². The third-order valence-electron chi connectivity index (χ3n) is 4.40. The Hall–Kier alpha value is -2.75. The maximum atomic E-state index is 14.1. The first kappa shape index (κ1) is 17.7.